The lowest BCUT2D eigenvalue weighted by molar-refractivity contribution is -0.111. The zero-order valence-electron chi connectivity index (χ0n) is 14.5. The average molecular weight is 425 g/mol. The number of fused-ring (bicyclic) bond motifs is 1. The fourth-order valence-corrected chi connectivity index (χ4v) is 4.03. The van der Waals surface area contributed by atoms with E-state index in [2.05, 4.69) is 34.6 Å². The summed E-state index contributed by atoms with van der Waals surface area (Å²) in [5.74, 6) is -0.296. The summed E-state index contributed by atoms with van der Waals surface area (Å²) < 4.78 is 0. The van der Waals surface area contributed by atoms with Crippen LogP contribution < -0.4 is 5.32 Å². The molecule has 6 heteroatoms. The summed E-state index contributed by atoms with van der Waals surface area (Å²) in [5.41, 5.74) is 2.44. The number of hydrogen-bond acceptors (Lipinski definition) is 3. The summed E-state index contributed by atoms with van der Waals surface area (Å²) in [7, 11) is 0. The number of carbonyl (C=O) groups excluding carboxylic acids is 1. The van der Waals surface area contributed by atoms with E-state index < -0.39 is 0 Å². The molecule has 0 aliphatic heterocycles. The molecule has 0 aliphatic carbocycles. The maximum absolute atomic E-state index is 12.2. The molecule has 0 atom stereocenters. The lowest BCUT2D eigenvalue weighted by atomic mass is 10.1. The molecule has 0 unspecified atom stereocenters. The van der Waals surface area contributed by atoms with Crippen molar-refractivity contribution in [1.82, 2.24) is 4.98 Å². The van der Waals surface area contributed by atoms with Gasteiger partial charge in [-0.15, -0.1) is 11.3 Å². The van der Waals surface area contributed by atoms with Crippen molar-refractivity contribution in [2.24, 2.45) is 0 Å². The standard InChI is InChI=1S/C22H14Cl2N2OS/c23-18-6-3-7-19(24)17(18)10-11-21(27)26-22-25-20(13-28-22)16-9-8-14-4-1-2-5-15(14)12-16/h1-13H,(H,25,26,27). The quantitative estimate of drug-likeness (QED) is 0.361. The molecule has 3 nitrogen and oxygen atoms in total. The SMILES string of the molecule is O=C(C=Cc1c(Cl)cccc1Cl)Nc1nc(-c2ccc3ccccc3c2)cs1. The van der Waals surface area contributed by atoms with Gasteiger partial charge in [-0.1, -0.05) is 65.7 Å². The largest absolute Gasteiger partial charge is 0.298 e. The second-order valence-electron chi connectivity index (χ2n) is 6.06. The fourth-order valence-electron chi connectivity index (χ4n) is 2.79. The highest BCUT2D eigenvalue weighted by Gasteiger charge is 2.08. The highest BCUT2D eigenvalue weighted by Crippen LogP contribution is 2.28. The van der Waals surface area contributed by atoms with Gasteiger partial charge in [-0.3, -0.25) is 10.1 Å². The molecule has 0 fully saturated rings. The highest BCUT2D eigenvalue weighted by molar-refractivity contribution is 7.14. The maximum atomic E-state index is 12.2. The Kier molecular flexibility index (Phi) is 5.44. The van der Waals surface area contributed by atoms with E-state index in [1.807, 2.05) is 23.6 Å². The number of halogens is 2. The summed E-state index contributed by atoms with van der Waals surface area (Å²) in [5, 5.41) is 8.54. The number of hydrogen-bond donors (Lipinski definition) is 1. The molecule has 0 aliphatic rings. The van der Waals surface area contributed by atoms with Gasteiger partial charge in [0.05, 0.1) is 5.69 Å². The lowest BCUT2D eigenvalue weighted by Crippen LogP contribution is -2.07. The zero-order valence-corrected chi connectivity index (χ0v) is 16.9. The molecule has 1 amide bonds. The molecule has 0 radical (unpaired) electrons. The van der Waals surface area contributed by atoms with Crippen molar-refractivity contribution in [3.8, 4) is 11.3 Å². The van der Waals surface area contributed by atoms with Crippen LogP contribution in [0.5, 0.6) is 0 Å². The minimum atomic E-state index is -0.296. The number of amides is 1. The number of aromatic nitrogens is 1. The van der Waals surface area contributed by atoms with Crippen molar-refractivity contribution in [3.05, 3.63) is 87.7 Å². The zero-order chi connectivity index (χ0) is 19.5. The molecule has 1 heterocycles. The Morgan fingerprint density at radius 2 is 1.71 bits per heavy atom. The highest BCUT2D eigenvalue weighted by atomic mass is 35.5. The number of anilines is 1. The number of benzene rings is 3. The molecule has 3 aromatic carbocycles. The van der Waals surface area contributed by atoms with Gasteiger partial charge in [-0.2, -0.15) is 0 Å². The molecule has 0 spiro atoms. The topological polar surface area (TPSA) is 42.0 Å². The molecule has 1 aromatic heterocycles. The van der Waals surface area contributed by atoms with Crippen molar-refractivity contribution in [3.63, 3.8) is 0 Å². The minimum Gasteiger partial charge on any atom is -0.298 e. The molecule has 4 aromatic rings. The van der Waals surface area contributed by atoms with Gasteiger partial charge >= 0.3 is 0 Å². The molecule has 0 bridgehead atoms. The third-order valence-corrected chi connectivity index (χ3v) is 5.60. The van der Waals surface area contributed by atoms with Crippen LogP contribution in [0, 0.1) is 0 Å². The Morgan fingerprint density at radius 3 is 2.50 bits per heavy atom. The lowest BCUT2D eigenvalue weighted by Gasteiger charge is -2.01. The molecule has 1 N–H and O–H groups in total. The van der Waals surface area contributed by atoms with Gasteiger partial charge in [0.2, 0.25) is 5.91 Å². The first-order valence-corrected chi connectivity index (χ1v) is 10.1. The molecule has 0 saturated heterocycles. The normalized spacial score (nSPS) is 11.2. The summed E-state index contributed by atoms with van der Waals surface area (Å²) in [6.45, 7) is 0. The summed E-state index contributed by atoms with van der Waals surface area (Å²) in [6, 6.07) is 19.6. The first-order valence-electron chi connectivity index (χ1n) is 8.48. The van der Waals surface area contributed by atoms with E-state index in [1.165, 1.54) is 22.8 Å². The first-order chi connectivity index (χ1) is 13.6. The molecular weight excluding hydrogens is 411 g/mol. The Morgan fingerprint density at radius 1 is 0.964 bits per heavy atom. The van der Waals surface area contributed by atoms with Gasteiger partial charge in [0.15, 0.2) is 5.13 Å². The second kappa shape index (κ2) is 8.15. The molecule has 0 saturated carbocycles. The number of rotatable bonds is 4. The van der Waals surface area contributed by atoms with Crippen LogP contribution >= 0.6 is 34.5 Å². The van der Waals surface area contributed by atoms with Crippen LogP contribution in [0.15, 0.2) is 72.1 Å². The van der Waals surface area contributed by atoms with Crippen molar-refractivity contribution in [1.29, 1.82) is 0 Å². The van der Waals surface area contributed by atoms with Crippen LogP contribution in [0.1, 0.15) is 5.56 Å². The summed E-state index contributed by atoms with van der Waals surface area (Å²) in [6.07, 6.45) is 2.99. The maximum Gasteiger partial charge on any atom is 0.250 e. The Bertz CT molecular complexity index is 1180. The van der Waals surface area contributed by atoms with Crippen LogP contribution in [0.25, 0.3) is 28.1 Å². The predicted molar refractivity (Wildman–Crippen MR) is 119 cm³/mol. The van der Waals surface area contributed by atoms with Crippen molar-refractivity contribution < 1.29 is 4.79 Å². The van der Waals surface area contributed by atoms with Crippen LogP contribution in [0.4, 0.5) is 5.13 Å². The van der Waals surface area contributed by atoms with E-state index in [9.17, 15) is 4.79 Å². The van der Waals surface area contributed by atoms with Gasteiger partial charge < -0.3 is 0 Å². The van der Waals surface area contributed by atoms with Gasteiger partial charge in [0, 0.05) is 32.6 Å². The van der Waals surface area contributed by atoms with Gasteiger partial charge in [-0.05, 0) is 35.0 Å². The van der Waals surface area contributed by atoms with E-state index >= 15 is 0 Å². The van der Waals surface area contributed by atoms with Gasteiger partial charge in [-0.25, -0.2) is 4.98 Å². The molecule has 28 heavy (non-hydrogen) atoms. The van der Waals surface area contributed by atoms with E-state index in [0.717, 1.165) is 16.6 Å². The fraction of sp³-hybridized carbons (Fsp3) is 0. The molecule has 138 valence electrons. The van der Waals surface area contributed by atoms with Gasteiger partial charge in [0.1, 0.15) is 0 Å². The number of carbonyl (C=O) groups is 1. The van der Waals surface area contributed by atoms with E-state index in [0.29, 0.717) is 20.7 Å². The van der Waals surface area contributed by atoms with Crippen LogP contribution in [0.3, 0.4) is 0 Å². The van der Waals surface area contributed by atoms with E-state index in [4.69, 9.17) is 23.2 Å². The number of nitrogens with zero attached hydrogens (tertiary/aromatic N) is 1. The van der Waals surface area contributed by atoms with Crippen molar-refractivity contribution in [2.75, 3.05) is 5.32 Å². The Labute approximate surface area is 176 Å². The molecule has 4 rings (SSSR count). The Balaban J connectivity index is 1.49. The number of nitrogens with one attached hydrogen (secondary N) is 1. The monoisotopic (exact) mass is 424 g/mol. The van der Waals surface area contributed by atoms with Crippen LogP contribution in [0.2, 0.25) is 10.0 Å². The third kappa shape index (κ3) is 4.09. The number of thiazole rings is 1. The smallest absolute Gasteiger partial charge is 0.250 e. The summed E-state index contributed by atoms with van der Waals surface area (Å²) >= 11 is 13.6. The Hall–Kier alpha value is -2.66. The average Bonchev–Trinajstić information content (AvgIpc) is 3.15. The van der Waals surface area contributed by atoms with Crippen LogP contribution in [-0.2, 0) is 4.79 Å². The van der Waals surface area contributed by atoms with E-state index in [1.54, 1.807) is 24.3 Å². The minimum absolute atomic E-state index is 0.296. The van der Waals surface area contributed by atoms with Crippen molar-refractivity contribution >= 4 is 62.4 Å². The van der Waals surface area contributed by atoms with E-state index in [-0.39, 0.29) is 5.91 Å². The second-order valence-corrected chi connectivity index (χ2v) is 7.73. The van der Waals surface area contributed by atoms with Crippen molar-refractivity contribution in [2.45, 2.75) is 0 Å². The molecular formula is C22H14Cl2N2OS. The van der Waals surface area contributed by atoms with Crippen LogP contribution in [-0.4, -0.2) is 10.9 Å². The first kappa shape index (κ1) is 18.7. The van der Waals surface area contributed by atoms with Gasteiger partial charge in [0.25, 0.3) is 0 Å². The third-order valence-electron chi connectivity index (χ3n) is 4.18. The summed E-state index contributed by atoms with van der Waals surface area (Å²) in [4.78, 5) is 16.7. The predicted octanol–water partition coefficient (Wildman–Crippen LogP) is 6.92.